The van der Waals surface area contributed by atoms with E-state index in [-0.39, 0.29) is 6.07 Å². The molecule has 0 atom stereocenters. The minimum Gasteiger partial charge on any atom is -0.294 e. The van der Waals surface area contributed by atoms with E-state index >= 15 is 0 Å². The molecule has 0 spiro atoms. The van der Waals surface area contributed by atoms with Crippen LogP contribution in [0.2, 0.25) is 0 Å². The highest BCUT2D eigenvalue weighted by atomic mass is 19.4. The van der Waals surface area contributed by atoms with Crippen molar-refractivity contribution in [3.8, 4) is 0 Å². The molecule has 0 fully saturated rings. The molecule has 0 saturated heterocycles. The van der Waals surface area contributed by atoms with Gasteiger partial charge < -0.3 is 0 Å². The van der Waals surface area contributed by atoms with Gasteiger partial charge in [0, 0.05) is 5.56 Å². The van der Waals surface area contributed by atoms with Crippen molar-refractivity contribution in [3.63, 3.8) is 0 Å². The summed E-state index contributed by atoms with van der Waals surface area (Å²) < 4.78 is 85.7. The Balaban J connectivity index is 3.04. The predicted octanol–water partition coefficient (Wildman–Crippen LogP) is 3.55. The Kier molecular flexibility index (Phi) is 4.21. The molecule has 1 aromatic carbocycles. The summed E-state index contributed by atoms with van der Waals surface area (Å²) in [6.45, 7) is 0. The first-order valence-corrected chi connectivity index (χ1v) is 4.93. The van der Waals surface area contributed by atoms with Crippen molar-refractivity contribution in [2.45, 2.75) is 18.8 Å². The van der Waals surface area contributed by atoms with Gasteiger partial charge in [-0.2, -0.15) is 26.3 Å². The number of alkyl halides is 6. The molecule has 0 amide bonds. The molecule has 0 heterocycles. The van der Waals surface area contributed by atoms with Gasteiger partial charge in [-0.05, 0) is 18.2 Å². The topological polar surface area (TPSA) is 34.1 Å². The molecule has 20 heavy (non-hydrogen) atoms. The Bertz CT molecular complexity index is 543. The van der Waals surface area contributed by atoms with Crippen LogP contribution in [0.15, 0.2) is 18.2 Å². The second kappa shape index (κ2) is 5.22. The Morgan fingerprint density at radius 3 is 2.00 bits per heavy atom. The van der Waals surface area contributed by atoms with E-state index in [2.05, 4.69) is 0 Å². The average molecular weight is 302 g/mol. The van der Waals surface area contributed by atoms with Gasteiger partial charge in [-0.3, -0.25) is 9.59 Å². The fourth-order valence-electron chi connectivity index (χ4n) is 1.26. The van der Waals surface area contributed by atoms with E-state index in [4.69, 9.17) is 0 Å². The standard InChI is InChI=1S/C11H5F7O2/c12-7-2-1-5(3-6(7)10(13,14)15)8(19)4-9(20)11(16,17)18/h1-3H,4H2. The number of benzene rings is 1. The van der Waals surface area contributed by atoms with Crippen LogP contribution in [0.4, 0.5) is 30.7 Å². The summed E-state index contributed by atoms with van der Waals surface area (Å²) >= 11 is 0. The van der Waals surface area contributed by atoms with Crippen molar-refractivity contribution >= 4 is 11.6 Å². The summed E-state index contributed by atoms with van der Waals surface area (Å²) in [4.78, 5) is 21.8. The quantitative estimate of drug-likeness (QED) is 0.486. The molecule has 0 radical (unpaired) electrons. The first kappa shape index (κ1) is 16.1. The van der Waals surface area contributed by atoms with Crippen LogP contribution in [0.5, 0.6) is 0 Å². The van der Waals surface area contributed by atoms with Gasteiger partial charge in [0.25, 0.3) is 0 Å². The maximum absolute atomic E-state index is 12.9. The molecule has 0 aliphatic rings. The predicted molar refractivity (Wildman–Crippen MR) is 51.4 cm³/mol. The van der Waals surface area contributed by atoms with E-state index in [0.29, 0.717) is 12.1 Å². The molecular formula is C11H5F7O2. The van der Waals surface area contributed by atoms with Crippen molar-refractivity contribution in [1.82, 2.24) is 0 Å². The average Bonchev–Trinajstić information content (AvgIpc) is 2.26. The van der Waals surface area contributed by atoms with Gasteiger partial charge in [0.05, 0.1) is 12.0 Å². The highest BCUT2D eigenvalue weighted by molar-refractivity contribution is 6.09. The highest BCUT2D eigenvalue weighted by Gasteiger charge is 2.40. The number of ketones is 2. The second-order valence-electron chi connectivity index (χ2n) is 3.71. The molecule has 1 aromatic rings. The molecule has 0 unspecified atom stereocenters. The van der Waals surface area contributed by atoms with Crippen molar-refractivity contribution < 1.29 is 40.3 Å². The van der Waals surface area contributed by atoms with E-state index in [1.54, 1.807) is 0 Å². The Labute approximate surface area is 107 Å². The fourth-order valence-corrected chi connectivity index (χ4v) is 1.26. The lowest BCUT2D eigenvalue weighted by Crippen LogP contribution is -2.25. The lowest BCUT2D eigenvalue weighted by atomic mass is 10.0. The number of Topliss-reactive ketones (excluding diaryl/α,β-unsaturated/α-hetero) is 2. The van der Waals surface area contributed by atoms with Gasteiger partial charge in [0.2, 0.25) is 5.78 Å². The van der Waals surface area contributed by atoms with Crippen LogP contribution >= 0.6 is 0 Å². The lowest BCUT2D eigenvalue weighted by Gasteiger charge is -2.10. The smallest absolute Gasteiger partial charge is 0.294 e. The van der Waals surface area contributed by atoms with E-state index in [1.807, 2.05) is 0 Å². The van der Waals surface area contributed by atoms with Crippen LogP contribution in [0, 0.1) is 5.82 Å². The van der Waals surface area contributed by atoms with Crippen molar-refractivity contribution in [2.75, 3.05) is 0 Å². The van der Waals surface area contributed by atoms with Gasteiger partial charge >= 0.3 is 12.4 Å². The Morgan fingerprint density at radius 1 is 1.00 bits per heavy atom. The molecule has 0 aliphatic carbocycles. The van der Waals surface area contributed by atoms with Crippen LogP contribution in [0.25, 0.3) is 0 Å². The molecule has 2 nitrogen and oxygen atoms in total. The third kappa shape index (κ3) is 3.78. The number of carbonyl (C=O) groups excluding carboxylic acids is 2. The summed E-state index contributed by atoms with van der Waals surface area (Å²) in [5.41, 5.74) is -2.61. The molecule has 9 heteroatoms. The van der Waals surface area contributed by atoms with Crippen LogP contribution in [-0.2, 0) is 11.0 Å². The molecule has 0 bridgehead atoms. The molecule has 0 saturated carbocycles. The highest BCUT2D eigenvalue weighted by Crippen LogP contribution is 2.32. The zero-order chi connectivity index (χ0) is 15.7. The van der Waals surface area contributed by atoms with Crippen molar-refractivity contribution in [2.24, 2.45) is 0 Å². The van der Waals surface area contributed by atoms with Crippen LogP contribution in [0.1, 0.15) is 22.3 Å². The second-order valence-corrected chi connectivity index (χ2v) is 3.71. The number of hydrogen-bond acceptors (Lipinski definition) is 2. The molecule has 1 rings (SSSR count). The first-order chi connectivity index (χ1) is 8.93. The van der Waals surface area contributed by atoms with Crippen LogP contribution < -0.4 is 0 Å². The monoisotopic (exact) mass is 302 g/mol. The third-order valence-electron chi connectivity index (χ3n) is 2.23. The molecular weight excluding hydrogens is 297 g/mol. The summed E-state index contributed by atoms with van der Waals surface area (Å²) in [7, 11) is 0. The summed E-state index contributed by atoms with van der Waals surface area (Å²) in [5.74, 6) is -5.53. The zero-order valence-electron chi connectivity index (χ0n) is 9.40. The van der Waals surface area contributed by atoms with Gasteiger partial charge in [0.15, 0.2) is 5.78 Å². The van der Waals surface area contributed by atoms with Gasteiger partial charge in [-0.25, -0.2) is 4.39 Å². The molecule has 110 valence electrons. The fraction of sp³-hybridized carbons (Fsp3) is 0.273. The van der Waals surface area contributed by atoms with Crippen molar-refractivity contribution in [3.05, 3.63) is 35.1 Å². The molecule has 0 aromatic heterocycles. The van der Waals surface area contributed by atoms with Crippen LogP contribution in [-0.4, -0.2) is 17.7 Å². The van der Waals surface area contributed by atoms with Gasteiger partial charge in [0.1, 0.15) is 5.82 Å². The largest absolute Gasteiger partial charge is 0.450 e. The maximum atomic E-state index is 12.9. The lowest BCUT2D eigenvalue weighted by molar-refractivity contribution is -0.170. The van der Waals surface area contributed by atoms with Gasteiger partial charge in [-0.1, -0.05) is 0 Å². The summed E-state index contributed by atoms with van der Waals surface area (Å²) in [6.07, 6.45) is -12.0. The Morgan fingerprint density at radius 2 is 1.55 bits per heavy atom. The Hall–Kier alpha value is -1.93. The number of carbonyl (C=O) groups is 2. The minimum atomic E-state index is -5.26. The zero-order valence-corrected chi connectivity index (χ0v) is 9.40. The van der Waals surface area contributed by atoms with E-state index in [0.717, 1.165) is 0 Å². The molecule has 0 N–H and O–H groups in total. The normalized spacial score (nSPS) is 12.3. The summed E-state index contributed by atoms with van der Waals surface area (Å²) in [6, 6.07) is 0.950. The van der Waals surface area contributed by atoms with Crippen molar-refractivity contribution in [1.29, 1.82) is 0 Å². The number of rotatable bonds is 3. The molecule has 0 aliphatic heterocycles. The maximum Gasteiger partial charge on any atom is 0.450 e. The van der Waals surface area contributed by atoms with E-state index in [1.165, 1.54) is 0 Å². The van der Waals surface area contributed by atoms with Gasteiger partial charge in [-0.15, -0.1) is 0 Å². The van der Waals surface area contributed by atoms with E-state index < -0.39 is 47.3 Å². The number of halogens is 7. The minimum absolute atomic E-state index is 0.0708. The summed E-state index contributed by atoms with van der Waals surface area (Å²) in [5, 5.41) is 0. The SMILES string of the molecule is O=C(CC(=O)C(F)(F)F)c1ccc(F)c(C(F)(F)F)c1. The first-order valence-electron chi connectivity index (χ1n) is 4.93. The van der Waals surface area contributed by atoms with E-state index in [9.17, 15) is 40.3 Å². The van der Waals surface area contributed by atoms with Crippen LogP contribution in [0.3, 0.4) is 0 Å². The number of hydrogen-bond donors (Lipinski definition) is 0. The third-order valence-corrected chi connectivity index (χ3v) is 2.23.